The van der Waals surface area contributed by atoms with Crippen molar-refractivity contribution in [1.29, 1.82) is 0 Å². The maximum absolute atomic E-state index is 10.8. The molecular formula is C11H18N4O2. The molecule has 0 saturated heterocycles. The minimum atomic E-state index is -0.434. The first-order chi connectivity index (χ1) is 7.90. The van der Waals surface area contributed by atoms with Crippen molar-refractivity contribution in [3.8, 4) is 0 Å². The zero-order valence-electron chi connectivity index (χ0n) is 10.5. The third-order valence-electron chi connectivity index (χ3n) is 1.93. The Bertz CT molecular complexity index is 404. The molecule has 0 aromatic carbocycles. The number of nitrogens with one attached hydrogen (secondary N) is 2. The van der Waals surface area contributed by atoms with E-state index in [-0.39, 0.29) is 17.8 Å². The number of rotatable bonds is 5. The van der Waals surface area contributed by atoms with Crippen molar-refractivity contribution in [2.75, 3.05) is 10.6 Å². The van der Waals surface area contributed by atoms with E-state index < -0.39 is 4.92 Å². The number of hydrogen-bond donors (Lipinski definition) is 2. The molecule has 0 aliphatic carbocycles. The fraction of sp³-hybridized carbons (Fsp3) is 0.545. The number of pyridine rings is 1. The van der Waals surface area contributed by atoms with Crippen LogP contribution in [0.15, 0.2) is 12.1 Å². The molecule has 94 valence electrons. The third kappa shape index (κ3) is 3.90. The topological polar surface area (TPSA) is 80.1 Å². The van der Waals surface area contributed by atoms with Gasteiger partial charge in [-0.3, -0.25) is 10.1 Å². The SMILES string of the molecule is CC(C)Nc1ccc([N+](=O)[O-])c(NC(C)C)n1. The van der Waals surface area contributed by atoms with Gasteiger partial charge in [0.1, 0.15) is 5.82 Å². The molecule has 1 rings (SSSR count). The average Bonchev–Trinajstić information content (AvgIpc) is 2.15. The molecule has 0 aliphatic rings. The summed E-state index contributed by atoms with van der Waals surface area (Å²) in [6, 6.07) is 3.40. The third-order valence-corrected chi connectivity index (χ3v) is 1.93. The van der Waals surface area contributed by atoms with Crippen LogP contribution in [0, 0.1) is 10.1 Å². The maximum atomic E-state index is 10.8. The van der Waals surface area contributed by atoms with Gasteiger partial charge in [-0.1, -0.05) is 0 Å². The summed E-state index contributed by atoms with van der Waals surface area (Å²) in [4.78, 5) is 14.6. The van der Waals surface area contributed by atoms with E-state index >= 15 is 0 Å². The molecule has 2 N–H and O–H groups in total. The van der Waals surface area contributed by atoms with Gasteiger partial charge in [0.25, 0.3) is 0 Å². The molecule has 0 fully saturated rings. The smallest absolute Gasteiger partial charge is 0.311 e. The summed E-state index contributed by atoms with van der Waals surface area (Å²) in [6.07, 6.45) is 0. The second-order valence-electron chi connectivity index (χ2n) is 4.42. The monoisotopic (exact) mass is 238 g/mol. The van der Waals surface area contributed by atoms with Crippen molar-refractivity contribution in [3.63, 3.8) is 0 Å². The average molecular weight is 238 g/mol. The van der Waals surface area contributed by atoms with E-state index in [1.807, 2.05) is 27.7 Å². The van der Waals surface area contributed by atoms with Crippen LogP contribution in [0.4, 0.5) is 17.3 Å². The molecule has 6 nitrogen and oxygen atoms in total. The van der Waals surface area contributed by atoms with Crippen LogP contribution in [0.2, 0.25) is 0 Å². The maximum Gasteiger partial charge on any atom is 0.311 e. The van der Waals surface area contributed by atoms with E-state index in [0.29, 0.717) is 11.6 Å². The molecule has 17 heavy (non-hydrogen) atoms. The molecule has 1 aromatic heterocycles. The van der Waals surface area contributed by atoms with Crippen molar-refractivity contribution in [1.82, 2.24) is 4.98 Å². The summed E-state index contributed by atoms with van der Waals surface area (Å²) < 4.78 is 0. The molecule has 0 amide bonds. The molecule has 0 aliphatic heterocycles. The van der Waals surface area contributed by atoms with Crippen LogP contribution < -0.4 is 10.6 Å². The number of hydrogen-bond acceptors (Lipinski definition) is 5. The lowest BCUT2D eigenvalue weighted by atomic mass is 10.3. The van der Waals surface area contributed by atoms with Crippen molar-refractivity contribution >= 4 is 17.3 Å². The Hall–Kier alpha value is -1.85. The highest BCUT2D eigenvalue weighted by atomic mass is 16.6. The summed E-state index contributed by atoms with van der Waals surface area (Å²) in [7, 11) is 0. The van der Waals surface area contributed by atoms with Crippen LogP contribution in [0.3, 0.4) is 0 Å². The Kier molecular flexibility index (Phi) is 4.25. The number of nitrogens with zero attached hydrogens (tertiary/aromatic N) is 2. The van der Waals surface area contributed by atoms with Crippen LogP contribution in [-0.2, 0) is 0 Å². The Morgan fingerprint density at radius 3 is 2.24 bits per heavy atom. The van der Waals surface area contributed by atoms with E-state index in [0.717, 1.165) is 0 Å². The lowest BCUT2D eigenvalue weighted by Crippen LogP contribution is -2.15. The quantitative estimate of drug-likeness (QED) is 0.609. The van der Waals surface area contributed by atoms with Gasteiger partial charge in [-0.05, 0) is 33.8 Å². The second-order valence-corrected chi connectivity index (χ2v) is 4.42. The van der Waals surface area contributed by atoms with Gasteiger partial charge in [0.05, 0.1) is 4.92 Å². The highest BCUT2D eigenvalue weighted by Crippen LogP contribution is 2.24. The van der Waals surface area contributed by atoms with E-state index in [2.05, 4.69) is 15.6 Å². The molecular weight excluding hydrogens is 220 g/mol. The van der Waals surface area contributed by atoms with Gasteiger partial charge < -0.3 is 10.6 Å². The molecule has 0 saturated carbocycles. The zero-order chi connectivity index (χ0) is 13.0. The molecule has 6 heteroatoms. The van der Waals surface area contributed by atoms with E-state index in [4.69, 9.17) is 0 Å². The predicted molar refractivity (Wildman–Crippen MR) is 68.4 cm³/mol. The van der Waals surface area contributed by atoms with Crippen LogP contribution in [-0.4, -0.2) is 22.0 Å². The van der Waals surface area contributed by atoms with Gasteiger partial charge in [0.15, 0.2) is 0 Å². The van der Waals surface area contributed by atoms with E-state index in [1.165, 1.54) is 6.07 Å². The normalized spacial score (nSPS) is 10.7. The van der Waals surface area contributed by atoms with Gasteiger partial charge >= 0.3 is 5.69 Å². The Balaban J connectivity index is 3.05. The summed E-state index contributed by atoms with van der Waals surface area (Å²) in [6.45, 7) is 7.79. The Morgan fingerprint density at radius 2 is 1.76 bits per heavy atom. The highest BCUT2D eigenvalue weighted by molar-refractivity contribution is 5.60. The molecule has 0 radical (unpaired) electrons. The molecule has 0 bridgehead atoms. The summed E-state index contributed by atoms with van der Waals surface area (Å²) >= 11 is 0. The minimum Gasteiger partial charge on any atom is -0.368 e. The van der Waals surface area contributed by atoms with Gasteiger partial charge in [-0.2, -0.15) is 0 Å². The van der Waals surface area contributed by atoms with Crippen LogP contribution >= 0.6 is 0 Å². The second kappa shape index (κ2) is 5.47. The van der Waals surface area contributed by atoms with Crippen molar-refractivity contribution in [2.24, 2.45) is 0 Å². The summed E-state index contributed by atoms with van der Waals surface area (Å²) in [5.74, 6) is 0.935. The largest absolute Gasteiger partial charge is 0.368 e. The van der Waals surface area contributed by atoms with Crippen LogP contribution in [0.5, 0.6) is 0 Å². The van der Waals surface area contributed by atoms with Gasteiger partial charge in [0, 0.05) is 18.2 Å². The molecule has 0 spiro atoms. The predicted octanol–water partition coefficient (Wildman–Crippen LogP) is 2.63. The van der Waals surface area contributed by atoms with Gasteiger partial charge in [-0.25, -0.2) is 4.98 Å². The highest BCUT2D eigenvalue weighted by Gasteiger charge is 2.16. The summed E-state index contributed by atoms with van der Waals surface area (Å²) in [5, 5.41) is 16.9. The first-order valence-corrected chi connectivity index (χ1v) is 5.58. The standard InChI is InChI=1S/C11H18N4O2/c1-7(2)12-10-6-5-9(15(16)17)11(14-10)13-8(3)4/h5-8H,1-4H3,(H2,12,13,14). The number of aromatic nitrogens is 1. The lowest BCUT2D eigenvalue weighted by molar-refractivity contribution is -0.384. The van der Waals surface area contributed by atoms with Crippen LogP contribution in [0.25, 0.3) is 0 Å². The van der Waals surface area contributed by atoms with E-state index in [1.54, 1.807) is 6.07 Å². The zero-order valence-corrected chi connectivity index (χ0v) is 10.5. The molecule has 0 unspecified atom stereocenters. The molecule has 1 heterocycles. The fourth-order valence-electron chi connectivity index (χ4n) is 1.35. The van der Waals surface area contributed by atoms with Gasteiger partial charge in [-0.15, -0.1) is 0 Å². The first-order valence-electron chi connectivity index (χ1n) is 5.58. The minimum absolute atomic E-state index is 0.00648. The molecule has 1 aromatic rings. The fourth-order valence-corrected chi connectivity index (χ4v) is 1.35. The Morgan fingerprint density at radius 1 is 1.18 bits per heavy atom. The van der Waals surface area contributed by atoms with Crippen molar-refractivity contribution < 1.29 is 4.92 Å². The Labute approximate surface area is 101 Å². The first kappa shape index (κ1) is 13.2. The summed E-state index contributed by atoms with van der Waals surface area (Å²) in [5.41, 5.74) is -0.00648. The van der Waals surface area contributed by atoms with Crippen LogP contribution in [0.1, 0.15) is 27.7 Å². The van der Waals surface area contributed by atoms with Crippen molar-refractivity contribution in [3.05, 3.63) is 22.2 Å². The number of anilines is 2. The van der Waals surface area contributed by atoms with Crippen molar-refractivity contribution in [2.45, 2.75) is 39.8 Å². The van der Waals surface area contributed by atoms with E-state index in [9.17, 15) is 10.1 Å². The molecule has 0 atom stereocenters. The van der Waals surface area contributed by atoms with Gasteiger partial charge in [0.2, 0.25) is 5.82 Å². The number of nitro groups is 1. The lowest BCUT2D eigenvalue weighted by Gasteiger charge is -2.13.